The average Bonchev–Trinajstić information content (AvgIpc) is 3.43. The Kier molecular flexibility index (Phi) is 7.67. The first-order chi connectivity index (χ1) is 16.5. The largest absolute Gasteiger partial charge is 0.493 e. The Morgan fingerprint density at radius 2 is 1.06 bits per heavy atom. The minimum Gasteiger partial charge on any atom is -0.493 e. The number of amides is 2. The SMILES string of the molecule is COc1ccc([C@H]2SCC(=O)N2CCN2C(=O)CS[C@H]2c2ccc(OC)c(OC)c2)cc1OC. The Bertz CT molecular complexity index is 982. The molecular formula is C24H28N2O6S2. The summed E-state index contributed by atoms with van der Waals surface area (Å²) in [6.07, 6.45) is 0. The highest BCUT2D eigenvalue weighted by atomic mass is 32.2. The van der Waals surface area contributed by atoms with Crippen LogP contribution in [0.4, 0.5) is 0 Å². The van der Waals surface area contributed by atoms with Crippen molar-refractivity contribution in [3.8, 4) is 23.0 Å². The van der Waals surface area contributed by atoms with Crippen molar-refractivity contribution >= 4 is 35.3 Å². The number of benzene rings is 2. The van der Waals surface area contributed by atoms with Gasteiger partial charge in [0.25, 0.3) is 0 Å². The molecule has 182 valence electrons. The summed E-state index contributed by atoms with van der Waals surface area (Å²) in [5, 5.41) is -0.283. The topological polar surface area (TPSA) is 77.5 Å². The summed E-state index contributed by atoms with van der Waals surface area (Å²) in [6, 6.07) is 11.4. The van der Waals surface area contributed by atoms with Crippen molar-refractivity contribution in [1.29, 1.82) is 0 Å². The minimum atomic E-state index is -0.141. The van der Waals surface area contributed by atoms with Gasteiger partial charge in [0.05, 0.1) is 39.9 Å². The summed E-state index contributed by atoms with van der Waals surface area (Å²) in [6.45, 7) is 0.891. The second kappa shape index (κ2) is 10.7. The van der Waals surface area contributed by atoms with Gasteiger partial charge < -0.3 is 28.7 Å². The predicted molar refractivity (Wildman–Crippen MR) is 133 cm³/mol. The molecule has 34 heavy (non-hydrogen) atoms. The van der Waals surface area contributed by atoms with Crippen LogP contribution in [0.2, 0.25) is 0 Å². The Morgan fingerprint density at radius 3 is 1.41 bits per heavy atom. The number of hydrogen-bond acceptors (Lipinski definition) is 8. The molecule has 0 spiro atoms. The number of rotatable bonds is 9. The van der Waals surface area contributed by atoms with Crippen LogP contribution in [0, 0.1) is 0 Å². The number of ether oxygens (including phenoxy) is 4. The normalized spacial score (nSPS) is 20.1. The van der Waals surface area contributed by atoms with E-state index in [1.165, 1.54) is 0 Å². The molecule has 2 saturated heterocycles. The molecule has 2 fully saturated rings. The predicted octanol–water partition coefficient (Wildman–Crippen LogP) is 3.57. The lowest BCUT2D eigenvalue weighted by atomic mass is 10.1. The zero-order valence-corrected chi connectivity index (χ0v) is 21.2. The molecular weight excluding hydrogens is 476 g/mol. The third-order valence-corrected chi connectivity index (χ3v) is 8.42. The molecule has 2 amide bonds. The summed E-state index contributed by atoms with van der Waals surface area (Å²) in [7, 11) is 6.38. The van der Waals surface area contributed by atoms with Crippen LogP contribution < -0.4 is 18.9 Å². The van der Waals surface area contributed by atoms with Gasteiger partial charge in [-0.2, -0.15) is 0 Å². The van der Waals surface area contributed by atoms with Crippen LogP contribution in [0.15, 0.2) is 36.4 Å². The highest BCUT2D eigenvalue weighted by molar-refractivity contribution is 8.00. The van der Waals surface area contributed by atoms with Gasteiger partial charge >= 0.3 is 0 Å². The number of hydrogen-bond donors (Lipinski definition) is 0. The maximum atomic E-state index is 12.7. The third kappa shape index (κ3) is 4.74. The second-order valence-corrected chi connectivity index (χ2v) is 9.87. The molecule has 2 atom stereocenters. The first-order valence-corrected chi connectivity index (χ1v) is 12.9. The molecule has 10 heteroatoms. The van der Waals surface area contributed by atoms with E-state index in [9.17, 15) is 9.59 Å². The fraction of sp³-hybridized carbons (Fsp3) is 0.417. The van der Waals surface area contributed by atoms with Gasteiger partial charge in [-0.05, 0) is 35.4 Å². The summed E-state index contributed by atoms with van der Waals surface area (Å²) in [5.74, 6) is 3.47. The number of nitrogens with zero attached hydrogens (tertiary/aromatic N) is 2. The molecule has 2 aromatic carbocycles. The van der Waals surface area contributed by atoms with Crippen molar-refractivity contribution in [1.82, 2.24) is 9.80 Å². The maximum absolute atomic E-state index is 12.7. The lowest BCUT2D eigenvalue weighted by molar-refractivity contribution is -0.132. The molecule has 0 unspecified atom stereocenters. The fourth-order valence-electron chi connectivity index (χ4n) is 4.17. The lowest BCUT2D eigenvalue weighted by Gasteiger charge is -2.30. The van der Waals surface area contributed by atoms with E-state index < -0.39 is 0 Å². The molecule has 2 aliphatic rings. The summed E-state index contributed by atoms with van der Waals surface area (Å²) < 4.78 is 21.6. The van der Waals surface area contributed by atoms with Crippen LogP contribution in [0.1, 0.15) is 21.9 Å². The van der Waals surface area contributed by atoms with Gasteiger partial charge in [0.2, 0.25) is 11.8 Å². The van der Waals surface area contributed by atoms with Crippen molar-refractivity contribution in [3.05, 3.63) is 47.5 Å². The monoisotopic (exact) mass is 504 g/mol. The van der Waals surface area contributed by atoms with Crippen LogP contribution in [0.3, 0.4) is 0 Å². The van der Waals surface area contributed by atoms with E-state index in [1.54, 1.807) is 52.0 Å². The molecule has 0 N–H and O–H groups in total. The van der Waals surface area contributed by atoms with E-state index in [2.05, 4.69) is 0 Å². The van der Waals surface area contributed by atoms with Crippen molar-refractivity contribution in [2.45, 2.75) is 10.7 Å². The highest BCUT2D eigenvalue weighted by Gasteiger charge is 2.37. The van der Waals surface area contributed by atoms with Gasteiger partial charge in [-0.25, -0.2) is 0 Å². The van der Waals surface area contributed by atoms with Crippen LogP contribution in [-0.4, -0.2) is 74.6 Å². The van der Waals surface area contributed by atoms with Gasteiger partial charge in [-0.3, -0.25) is 9.59 Å². The van der Waals surface area contributed by atoms with E-state index in [0.717, 1.165) is 11.1 Å². The Labute approximate surface area is 207 Å². The molecule has 2 heterocycles. The molecule has 0 aromatic heterocycles. The maximum Gasteiger partial charge on any atom is 0.233 e. The average molecular weight is 505 g/mol. The molecule has 2 aliphatic heterocycles. The standard InChI is InChI=1S/C24H28N2O6S2/c1-29-17-7-5-15(11-19(17)31-3)23-25(21(27)13-33-23)9-10-26-22(28)14-34-24(26)16-6-8-18(30-2)20(12-16)32-4/h5-8,11-12,23-24H,9-10,13-14H2,1-4H3/t23-,24+. The van der Waals surface area contributed by atoms with Crippen molar-refractivity contribution in [2.24, 2.45) is 0 Å². The van der Waals surface area contributed by atoms with Gasteiger partial charge in [0, 0.05) is 13.1 Å². The van der Waals surface area contributed by atoms with Crippen LogP contribution in [0.5, 0.6) is 23.0 Å². The lowest BCUT2D eigenvalue weighted by Crippen LogP contribution is -2.39. The molecule has 4 rings (SSSR count). The van der Waals surface area contributed by atoms with Gasteiger partial charge in [0.1, 0.15) is 10.7 Å². The molecule has 0 bridgehead atoms. The molecule has 2 aromatic rings. The van der Waals surface area contributed by atoms with Gasteiger partial charge in [-0.15, -0.1) is 23.5 Å². The Balaban J connectivity index is 1.51. The number of carbonyl (C=O) groups excluding carboxylic acids is 2. The molecule has 0 radical (unpaired) electrons. The van der Waals surface area contributed by atoms with Crippen LogP contribution in [0.25, 0.3) is 0 Å². The molecule has 0 saturated carbocycles. The van der Waals surface area contributed by atoms with Crippen LogP contribution in [-0.2, 0) is 9.59 Å². The summed E-state index contributed by atoms with van der Waals surface area (Å²) in [5.41, 5.74) is 1.93. The Morgan fingerprint density at radius 1 is 0.676 bits per heavy atom. The summed E-state index contributed by atoms with van der Waals surface area (Å²) >= 11 is 3.15. The highest BCUT2D eigenvalue weighted by Crippen LogP contribution is 2.44. The number of thioether (sulfide) groups is 2. The quantitative estimate of drug-likeness (QED) is 0.513. The smallest absolute Gasteiger partial charge is 0.233 e. The fourth-order valence-corrected chi connectivity index (χ4v) is 6.59. The molecule has 8 nitrogen and oxygen atoms in total. The molecule has 0 aliphatic carbocycles. The first kappa shape index (κ1) is 24.4. The van der Waals surface area contributed by atoms with Gasteiger partial charge in [-0.1, -0.05) is 12.1 Å². The first-order valence-electron chi connectivity index (χ1n) is 10.8. The van der Waals surface area contributed by atoms with Crippen molar-refractivity contribution in [3.63, 3.8) is 0 Å². The second-order valence-electron chi connectivity index (χ2n) is 7.73. The number of methoxy groups -OCH3 is 4. The van der Waals surface area contributed by atoms with Crippen molar-refractivity contribution in [2.75, 3.05) is 53.0 Å². The zero-order chi connectivity index (χ0) is 24.2. The van der Waals surface area contributed by atoms with E-state index in [-0.39, 0.29) is 22.6 Å². The van der Waals surface area contributed by atoms with E-state index in [4.69, 9.17) is 18.9 Å². The number of carbonyl (C=O) groups is 2. The van der Waals surface area contributed by atoms with E-state index >= 15 is 0 Å². The van der Waals surface area contributed by atoms with Crippen molar-refractivity contribution < 1.29 is 28.5 Å². The Hall–Kier alpha value is -2.72. The zero-order valence-electron chi connectivity index (χ0n) is 19.6. The summed E-state index contributed by atoms with van der Waals surface area (Å²) in [4.78, 5) is 29.2. The third-order valence-electron chi connectivity index (χ3n) is 5.90. The van der Waals surface area contributed by atoms with Crippen LogP contribution >= 0.6 is 23.5 Å². The van der Waals surface area contributed by atoms with E-state index in [1.807, 2.05) is 46.2 Å². The van der Waals surface area contributed by atoms with Gasteiger partial charge in [0.15, 0.2) is 23.0 Å². The van der Waals surface area contributed by atoms with E-state index in [0.29, 0.717) is 47.6 Å². The minimum absolute atomic E-state index is 0.0618.